The summed E-state index contributed by atoms with van der Waals surface area (Å²) in [7, 11) is 0. The van der Waals surface area contributed by atoms with Crippen LogP contribution >= 0.6 is 11.6 Å². The predicted molar refractivity (Wildman–Crippen MR) is 41.9 cm³/mol. The molecule has 1 unspecified atom stereocenters. The molecule has 0 radical (unpaired) electrons. The van der Waals surface area contributed by atoms with Gasteiger partial charge < -0.3 is 4.90 Å². The van der Waals surface area contributed by atoms with Crippen LogP contribution < -0.4 is 0 Å². The lowest BCUT2D eigenvalue weighted by atomic mass is 10.2. The topological polar surface area (TPSA) is 20.3 Å². The van der Waals surface area contributed by atoms with Gasteiger partial charge in [0.2, 0.25) is 11.9 Å². The van der Waals surface area contributed by atoms with Crippen LogP contribution in [0.2, 0.25) is 0 Å². The monoisotopic (exact) mass is 269 g/mol. The lowest BCUT2D eigenvalue weighted by Gasteiger charge is -2.31. The molecule has 1 fully saturated rings. The number of likely N-dealkylation sites (tertiary alicyclic amines) is 1. The van der Waals surface area contributed by atoms with Crippen molar-refractivity contribution in [3.8, 4) is 0 Å². The minimum absolute atomic E-state index is 0.266. The van der Waals surface area contributed by atoms with Crippen LogP contribution in [-0.2, 0) is 4.79 Å². The van der Waals surface area contributed by atoms with Crippen LogP contribution in [0.25, 0.3) is 0 Å². The standard InChI is InChI=1S/C7H6ClF6NO/c8-3-1-4(16)15(2-3)5(6(9,10)11)7(12,13)14/h3,5H,1-2H2. The van der Waals surface area contributed by atoms with Gasteiger partial charge in [-0.1, -0.05) is 0 Å². The van der Waals surface area contributed by atoms with Crippen molar-refractivity contribution in [2.24, 2.45) is 0 Å². The lowest BCUT2D eigenvalue weighted by molar-refractivity contribution is -0.282. The molecule has 1 aliphatic rings. The third-order valence-electron chi connectivity index (χ3n) is 2.04. The molecule has 2 nitrogen and oxygen atoms in total. The summed E-state index contributed by atoms with van der Waals surface area (Å²) in [5.41, 5.74) is 0. The van der Waals surface area contributed by atoms with Gasteiger partial charge in [0, 0.05) is 13.0 Å². The molecule has 1 heterocycles. The second kappa shape index (κ2) is 3.97. The van der Waals surface area contributed by atoms with Crippen LogP contribution in [0, 0.1) is 0 Å². The first-order valence-electron chi connectivity index (χ1n) is 4.10. The van der Waals surface area contributed by atoms with Gasteiger partial charge in [-0.2, -0.15) is 26.3 Å². The van der Waals surface area contributed by atoms with Crippen molar-refractivity contribution < 1.29 is 31.1 Å². The van der Waals surface area contributed by atoms with Gasteiger partial charge >= 0.3 is 12.4 Å². The Labute approximate surface area is 91.1 Å². The van der Waals surface area contributed by atoms with E-state index in [1.807, 2.05) is 0 Å². The molecule has 1 amide bonds. The van der Waals surface area contributed by atoms with Crippen molar-refractivity contribution in [3.05, 3.63) is 0 Å². The number of rotatable bonds is 1. The highest BCUT2D eigenvalue weighted by Crippen LogP contribution is 2.39. The predicted octanol–water partition coefficient (Wildman–Crippen LogP) is 2.32. The molecule has 94 valence electrons. The van der Waals surface area contributed by atoms with Crippen LogP contribution in [-0.4, -0.2) is 41.1 Å². The first-order valence-corrected chi connectivity index (χ1v) is 4.54. The van der Waals surface area contributed by atoms with Gasteiger partial charge in [0.05, 0.1) is 5.38 Å². The quantitative estimate of drug-likeness (QED) is 0.528. The molecule has 0 spiro atoms. The third-order valence-corrected chi connectivity index (χ3v) is 2.34. The molecule has 0 aromatic heterocycles. The molecule has 0 saturated carbocycles. The number of amides is 1. The number of alkyl halides is 7. The molecule has 16 heavy (non-hydrogen) atoms. The smallest absolute Gasteiger partial charge is 0.321 e. The Morgan fingerprint density at radius 2 is 1.62 bits per heavy atom. The highest BCUT2D eigenvalue weighted by molar-refractivity contribution is 6.22. The first kappa shape index (κ1) is 13.4. The number of carbonyl (C=O) groups is 1. The number of hydrogen-bond acceptors (Lipinski definition) is 1. The molecule has 0 bridgehead atoms. The zero-order valence-electron chi connectivity index (χ0n) is 7.57. The highest BCUT2D eigenvalue weighted by Gasteiger charge is 2.62. The second-order valence-corrected chi connectivity index (χ2v) is 3.95. The van der Waals surface area contributed by atoms with E-state index in [1.165, 1.54) is 0 Å². The molecule has 1 rings (SSSR count). The van der Waals surface area contributed by atoms with Gasteiger partial charge in [-0.15, -0.1) is 11.6 Å². The van der Waals surface area contributed by atoms with Gasteiger partial charge in [-0.25, -0.2) is 0 Å². The lowest BCUT2D eigenvalue weighted by Crippen LogP contribution is -2.55. The number of hydrogen-bond donors (Lipinski definition) is 0. The molecule has 1 atom stereocenters. The summed E-state index contributed by atoms with van der Waals surface area (Å²) in [5.74, 6) is -1.24. The SMILES string of the molecule is O=C1CC(Cl)CN1C(C(F)(F)F)C(F)(F)F. The average molecular weight is 270 g/mol. The van der Waals surface area contributed by atoms with Crippen molar-refractivity contribution in [1.82, 2.24) is 4.90 Å². The maximum Gasteiger partial charge on any atom is 0.417 e. The number of halogens is 7. The van der Waals surface area contributed by atoms with Crippen molar-refractivity contribution in [2.45, 2.75) is 30.2 Å². The fraction of sp³-hybridized carbons (Fsp3) is 0.857. The van der Waals surface area contributed by atoms with Crippen LogP contribution in [0.15, 0.2) is 0 Å². The number of carbonyl (C=O) groups excluding carboxylic acids is 1. The Balaban J connectivity index is 2.99. The number of nitrogens with zero attached hydrogens (tertiary/aromatic N) is 1. The van der Waals surface area contributed by atoms with Gasteiger partial charge in [-0.3, -0.25) is 4.79 Å². The van der Waals surface area contributed by atoms with Crippen molar-refractivity contribution in [3.63, 3.8) is 0 Å². The Kier molecular flexibility index (Phi) is 3.33. The van der Waals surface area contributed by atoms with E-state index in [1.54, 1.807) is 0 Å². The summed E-state index contributed by atoms with van der Waals surface area (Å²) < 4.78 is 73.3. The van der Waals surface area contributed by atoms with Crippen LogP contribution in [0.5, 0.6) is 0 Å². The minimum Gasteiger partial charge on any atom is -0.321 e. The van der Waals surface area contributed by atoms with Gasteiger partial charge in [0.25, 0.3) is 0 Å². The largest absolute Gasteiger partial charge is 0.417 e. The summed E-state index contributed by atoms with van der Waals surface area (Å²) in [5, 5.41) is -1.01. The molecule has 9 heteroatoms. The van der Waals surface area contributed by atoms with Crippen molar-refractivity contribution in [1.29, 1.82) is 0 Å². The summed E-state index contributed by atoms with van der Waals surface area (Å²) in [6.07, 6.45) is -11.6. The normalized spacial score (nSPS) is 23.4. The van der Waals surface area contributed by atoms with Crippen LogP contribution in [0.4, 0.5) is 26.3 Å². The molecule has 0 aromatic rings. The van der Waals surface area contributed by atoms with Crippen molar-refractivity contribution in [2.75, 3.05) is 6.54 Å². The van der Waals surface area contributed by atoms with E-state index in [9.17, 15) is 31.1 Å². The van der Waals surface area contributed by atoms with E-state index in [4.69, 9.17) is 11.6 Å². The molecule has 0 N–H and O–H groups in total. The van der Waals surface area contributed by atoms with E-state index in [0.29, 0.717) is 0 Å². The molecular formula is C7H6ClF6NO. The van der Waals surface area contributed by atoms with E-state index in [2.05, 4.69) is 0 Å². The van der Waals surface area contributed by atoms with Gasteiger partial charge in [0.15, 0.2) is 0 Å². The van der Waals surface area contributed by atoms with Crippen LogP contribution in [0.3, 0.4) is 0 Å². The van der Waals surface area contributed by atoms with Gasteiger partial charge in [-0.05, 0) is 0 Å². The average Bonchev–Trinajstić information content (AvgIpc) is 2.23. The van der Waals surface area contributed by atoms with E-state index >= 15 is 0 Å². The fourth-order valence-corrected chi connectivity index (χ4v) is 1.76. The molecule has 0 aliphatic carbocycles. The Bertz CT molecular complexity index is 274. The maximum absolute atomic E-state index is 12.2. The summed E-state index contributed by atoms with van der Waals surface area (Å²) >= 11 is 5.35. The minimum atomic E-state index is -5.55. The molecular weight excluding hydrogens is 264 g/mol. The zero-order chi connectivity index (χ0) is 12.7. The summed E-state index contributed by atoms with van der Waals surface area (Å²) in [4.78, 5) is 10.7. The van der Waals surface area contributed by atoms with Gasteiger partial charge in [0.1, 0.15) is 0 Å². The first-order chi connectivity index (χ1) is 7.03. The van der Waals surface area contributed by atoms with E-state index < -0.39 is 42.6 Å². The zero-order valence-corrected chi connectivity index (χ0v) is 8.33. The van der Waals surface area contributed by atoms with E-state index in [0.717, 1.165) is 0 Å². The molecule has 1 aliphatic heterocycles. The van der Waals surface area contributed by atoms with Crippen LogP contribution in [0.1, 0.15) is 6.42 Å². The highest BCUT2D eigenvalue weighted by atomic mass is 35.5. The van der Waals surface area contributed by atoms with Crippen molar-refractivity contribution >= 4 is 17.5 Å². The second-order valence-electron chi connectivity index (χ2n) is 3.33. The Morgan fingerprint density at radius 1 is 1.19 bits per heavy atom. The fourth-order valence-electron chi connectivity index (χ4n) is 1.47. The molecule has 1 saturated heterocycles. The molecule has 0 aromatic carbocycles. The summed E-state index contributed by atoms with van der Waals surface area (Å²) in [6.45, 7) is -0.746. The van der Waals surface area contributed by atoms with E-state index in [-0.39, 0.29) is 4.90 Å². The Morgan fingerprint density at radius 3 is 1.88 bits per heavy atom. The summed E-state index contributed by atoms with van der Waals surface area (Å²) in [6, 6.07) is -3.77. The third kappa shape index (κ3) is 2.72. The maximum atomic E-state index is 12.2. The Hall–Kier alpha value is -0.660.